The minimum absolute atomic E-state index is 0.00574. The summed E-state index contributed by atoms with van der Waals surface area (Å²) in [5.74, 6) is -0.349. The number of pyridine rings is 1. The number of aromatic nitrogens is 1. The Morgan fingerprint density at radius 2 is 2.29 bits per heavy atom. The van der Waals surface area contributed by atoms with E-state index in [9.17, 15) is 4.79 Å². The Kier molecular flexibility index (Phi) is 4.08. The molecule has 1 heterocycles. The topological polar surface area (TPSA) is 97.2 Å². The first-order valence-electron chi connectivity index (χ1n) is 4.51. The van der Waals surface area contributed by atoms with Crippen molar-refractivity contribution in [2.45, 2.75) is 0 Å². The summed E-state index contributed by atoms with van der Waals surface area (Å²) in [5.41, 5.74) is 8.70. The van der Waals surface area contributed by atoms with Gasteiger partial charge in [0.1, 0.15) is 11.4 Å². The summed E-state index contributed by atoms with van der Waals surface area (Å²) in [6.45, 7) is 3.54. The van der Waals surface area contributed by atoms with Crippen LogP contribution in [0.5, 0.6) is 5.75 Å². The van der Waals surface area contributed by atoms with Gasteiger partial charge >= 0.3 is 5.97 Å². The van der Waals surface area contributed by atoms with Crippen molar-refractivity contribution in [3.8, 4) is 5.75 Å². The van der Waals surface area contributed by atoms with Crippen LogP contribution in [0, 0.1) is 0 Å². The predicted molar refractivity (Wildman–Crippen MR) is 60.6 cm³/mol. The highest BCUT2D eigenvalue weighted by molar-refractivity contribution is 6.16. The lowest BCUT2D eigenvalue weighted by molar-refractivity contribution is -0.133. The molecule has 17 heavy (non-hydrogen) atoms. The standard InChI is InChI=1S/C10H10N4O3/c1-6(10(15)17-3)8-9(13-14-11)7(16-2)4-5-12-8/h4-5H,1H2,2-3H3. The molecule has 0 aliphatic heterocycles. The van der Waals surface area contributed by atoms with Gasteiger partial charge in [-0.1, -0.05) is 11.7 Å². The van der Waals surface area contributed by atoms with Crippen molar-refractivity contribution < 1.29 is 14.3 Å². The van der Waals surface area contributed by atoms with E-state index in [2.05, 4.69) is 26.3 Å². The average molecular weight is 234 g/mol. The van der Waals surface area contributed by atoms with Crippen LogP contribution in [0.4, 0.5) is 5.69 Å². The minimum atomic E-state index is -0.653. The number of ether oxygens (including phenoxy) is 2. The van der Waals surface area contributed by atoms with Crippen molar-refractivity contribution in [2.24, 2.45) is 5.11 Å². The van der Waals surface area contributed by atoms with Gasteiger partial charge in [0.15, 0.2) is 0 Å². The molecule has 0 aliphatic carbocycles. The van der Waals surface area contributed by atoms with Gasteiger partial charge in [-0.2, -0.15) is 0 Å². The Morgan fingerprint density at radius 1 is 1.59 bits per heavy atom. The molecule has 0 bridgehead atoms. The van der Waals surface area contributed by atoms with Gasteiger partial charge in [-0.3, -0.25) is 4.98 Å². The molecule has 0 spiro atoms. The quantitative estimate of drug-likeness (QED) is 0.262. The fourth-order valence-corrected chi connectivity index (χ4v) is 1.18. The molecule has 7 heteroatoms. The molecule has 0 saturated carbocycles. The Bertz CT molecular complexity index is 506. The molecule has 0 amide bonds. The van der Waals surface area contributed by atoms with E-state index in [0.717, 1.165) is 0 Å². The highest BCUT2D eigenvalue weighted by Gasteiger charge is 2.17. The number of methoxy groups -OCH3 is 2. The number of nitrogens with zero attached hydrogens (tertiary/aromatic N) is 4. The van der Waals surface area contributed by atoms with E-state index < -0.39 is 5.97 Å². The molecule has 0 unspecified atom stereocenters. The highest BCUT2D eigenvalue weighted by Crippen LogP contribution is 2.33. The molecule has 0 radical (unpaired) electrons. The molecule has 0 aromatic carbocycles. The van der Waals surface area contributed by atoms with E-state index in [-0.39, 0.29) is 17.0 Å². The Hall–Kier alpha value is -2.53. The number of carbonyl (C=O) groups is 1. The first-order chi connectivity index (χ1) is 8.15. The zero-order valence-electron chi connectivity index (χ0n) is 9.38. The van der Waals surface area contributed by atoms with Gasteiger partial charge in [-0.05, 0) is 11.6 Å². The molecular formula is C10H10N4O3. The first-order valence-corrected chi connectivity index (χ1v) is 4.51. The number of carbonyl (C=O) groups excluding carboxylic acids is 1. The number of hydrogen-bond acceptors (Lipinski definition) is 5. The molecule has 7 nitrogen and oxygen atoms in total. The largest absolute Gasteiger partial charge is 0.496 e. The molecule has 0 N–H and O–H groups in total. The molecule has 0 aliphatic rings. The van der Waals surface area contributed by atoms with Gasteiger partial charge in [0.25, 0.3) is 0 Å². The summed E-state index contributed by atoms with van der Waals surface area (Å²) in [6, 6.07) is 1.51. The maximum Gasteiger partial charge on any atom is 0.339 e. The minimum Gasteiger partial charge on any atom is -0.496 e. The second-order valence-electron chi connectivity index (χ2n) is 2.87. The van der Waals surface area contributed by atoms with E-state index in [4.69, 9.17) is 10.3 Å². The van der Waals surface area contributed by atoms with Crippen LogP contribution in [0.3, 0.4) is 0 Å². The number of azide groups is 1. The average Bonchev–Trinajstić information content (AvgIpc) is 2.37. The zero-order valence-corrected chi connectivity index (χ0v) is 9.38. The van der Waals surface area contributed by atoms with Crippen molar-refractivity contribution in [2.75, 3.05) is 14.2 Å². The zero-order chi connectivity index (χ0) is 12.8. The Balaban J connectivity index is 3.37. The summed E-state index contributed by atoms with van der Waals surface area (Å²) in [7, 11) is 2.64. The summed E-state index contributed by atoms with van der Waals surface area (Å²) in [5, 5.41) is 3.44. The first kappa shape index (κ1) is 12.5. The van der Waals surface area contributed by atoms with Crippen LogP contribution in [0.15, 0.2) is 24.0 Å². The summed E-state index contributed by atoms with van der Waals surface area (Å²) >= 11 is 0. The third-order valence-corrected chi connectivity index (χ3v) is 1.97. The van der Waals surface area contributed by atoms with Crippen LogP contribution >= 0.6 is 0 Å². The molecule has 1 aromatic heterocycles. The van der Waals surface area contributed by atoms with Crippen molar-refractivity contribution in [1.82, 2.24) is 4.98 Å². The Labute approximate surface area is 97.3 Å². The third-order valence-electron chi connectivity index (χ3n) is 1.97. The van der Waals surface area contributed by atoms with Gasteiger partial charge in [0, 0.05) is 11.1 Å². The van der Waals surface area contributed by atoms with Gasteiger partial charge in [-0.25, -0.2) is 4.79 Å². The van der Waals surface area contributed by atoms with Crippen LogP contribution in [-0.2, 0) is 9.53 Å². The second-order valence-corrected chi connectivity index (χ2v) is 2.87. The van der Waals surface area contributed by atoms with E-state index in [0.29, 0.717) is 5.75 Å². The van der Waals surface area contributed by atoms with E-state index in [1.165, 1.54) is 26.5 Å². The fourth-order valence-electron chi connectivity index (χ4n) is 1.18. The van der Waals surface area contributed by atoms with Crippen molar-refractivity contribution in [1.29, 1.82) is 0 Å². The van der Waals surface area contributed by atoms with Crippen LogP contribution in [0.2, 0.25) is 0 Å². The van der Waals surface area contributed by atoms with E-state index in [1.807, 2.05) is 0 Å². The predicted octanol–water partition coefficient (Wildman–Crippen LogP) is 2.22. The van der Waals surface area contributed by atoms with Crippen LogP contribution < -0.4 is 4.74 Å². The van der Waals surface area contributed by atoms with Gasteiger partial charge in [0.05, 0.1) is 25.5 Å². The smallest absolute Gasteiger partial charge is 0.339 e. The molecule has 0 fully saturated rings. The van der Waals surface area contributed by atoms with Crippen LogP contribution in [0.1, 0.15) is 5.69 Å². The monoisotopic (exact) mass is 234 g/mol. The van der Waals surface area contributed by atoms with E-state index >= 15 is 0 Å². The highest BCUT2D eigenvalue weighted by atomic mass is 16.5. The third kappa shape index (κ3) is 2.53. The Morgan fingerprint density at radius 3 is 2.82 bits per heavy atom. The lowest BCUT2D eigenvalue weighted by atomic mass is 10.1. The lowest BCUT2D eigenvalue weighted by Crippen LogP contribution is -2.04. The summed E-state index contributed by atoms with van der Waals surface area (Å²) in [6.07, 6.45) is 1.42. The van der Waals surface area contributed by atoms with Crippen LogP contribution in [0.25, 0.3) is 16.0 Å². The molecule has 0 saturated heterocycles. The van der Waals surface area contributed by atoms with E-state index in [1.54, 1.807) is 0 Å². The SMILES string of the molecule is C=C(C(=O)OC)c1nccc(OC)c1N=[N+]=[N-]. The summed E-state index contributed by atoms with van der Waals surface area (Å²) < 4.78 is 9.52. The van der Waals surface area contributed by atoms with Crippen molar-refractivity contribution >= 4 is 17.2 Å². The number of esters is 1. The second kappa shape index (κ2) is 5.53. The van der Waals surface area contributed by atoms with Crippen molar-refractivity contribution in [3.63, 3.8) is 0 Å². The van der Waals surface area contributed by atoms with Crippen molar-refractivity contribution in [3.05, 3.63) is 35.0 Å². The molecule has 1 rings (SSSR count). The molecule has 0 atom stereocenters. The fraction of sp³-hybridized carbons (Fsp3) is 0.200. The lowest BCUT2D eigenvalue weighted by Gasteiger charge is -2.09. The molecule has 88 valence electrons. The van der Waals surface area contributed by atoms with Crippen LogP contribution in [-0.4, -0.2) is 25.2 Å². The summed E-state index contributed by atoms with van der Waals surface area (Å²) in [4.78, 5) is 17.9. The van der Waals surface area contributed by atoms with Gasteiger partial charge in [0.2, 0.25) is 0 Å². The van der Waals surface area contributed by atoms with Gasteiger partial charge in [-0.15, -0.1) is 0 Å². The molecular weight excluding hydrogens is 224 g/mol. The number of hydrogen-bond donors (Lipinski definition) is 0. The molecule has 1 aromatic rings. The maximum absolute atomic E-state index is 11.3. The number of rotatable bonds is 4. The van der Waals surface area contributed by atoms with Gasteiger partial charge < -0.3 is 9.47 Å². The normalized spacial score (nSPS) is 9.06. The maximum atomic E-state index is 11.3.